The van der Waals surface area contributed by atoms with Gasteiger partial charge in [0, 0.05) is 23.7 Å². The highest BCUT2D eigenvalue weighted by Gasteiger charge is 2.37. The molecule has 1 N–H and O–H groups in total. The molecule has 1 aromatic heterocycles. The van der Waals surface area contributed by atoms with Crippen LogP contribution in [0.4, 0.5) is 5.82 Å². The topological polar surface area (TPSA) is 75.8 Å². The molecular weight excluding hydrogens is 332 g/mol. The van der Waals surface area contributed by atoms with Crippen molar-refractivity contribution in [2.75, 3.05) is 24.6 Å². The zero-order valence-electron chi connectivity index (χ0n) is 12.9. The number of carbonyl (C=O) groups is 1. The predicted molar refractivity (Wildman–Crippen MR) is 88.6 cm³/mol. The van der Waals surface area contributed by atoms with Gasteiger partial charge in [0.05, 0.1) is 12.7 Å². The lowest BCUT2D eigenvalue weighted by molar-refractivity contribution is 0.0258. The lowest BCUT2D eigenvalue weighted by atomic mass is 10.1. The van der Waals surface area contributed by atoms with Gasteiger partial charge < -0.3 is 19.3 Å². The molecule has 2 aliphatic rings. The molecule has 1 aliphatic heterocycles. The van der Waals surface area contributed by atoms with Crippen molar-refractivity contribution < 1.29 is 19.2 Å². The van der Waals surface area contributed by atoms with Gasteiger partial charge >= 0.3 is 5.97 Å². The van der Waals surface area contributed by atoms with Gasteiger partial charge in [0.15, 0.2) is 17.1 Å². The summed E-state index contributed by atoms with van der Waals surface area (Å²) in [6.45, 7) is 1.83. The third-order valence-electron chi connectivity index (χ3n) is 4.54. The predicted octanol–water partition coefficient (Wildman–Crippen LogP) is 3.31. The summed E-state index contributed by atoms with van der Waals surface area (Å²) in [6, 6.07) is 6.85. The van der Waals surface area contributed by atoms with Crippen molar-refractivity contribution in [3.05, 3.63) is 34.9 Å². The van der Waals surface area contributed by atoms with Crippen molar-refractivity contribution >= 4 is 23.4 Å². The number of carboxylic acid groups (broad SMARTS) is 1. The summed E-state index contributed by atoms with van der Waals surface area (Å²) < 4.78 is 11.2. The van der Waals surface area contributed by atoms with Gasteiger partial charge in [-0.1, -0.05) is 16.8 Å². The SMILES string of the molecule is O=C(O)c1c(N2CCOC(C3CC3)C2)noc1-c1ccc(Cl)cc1. The van der Waals surface area contributed by atoms with Gasteiger partial charge in [-0.25, -0.2) is 4.79 Å². The largest absolute Gasteiger partial charge is 0.477 e. The fourth-order valence-electron chi connectivity index (χ4n) is 3.11. The zero-order chi connectivity index (χ0) is 16.7. The molecule has 1 saturated heterocycles. The van der Waals surface area contributed by atoms with Gasteiger partial charge in [-0.3, -0.25) is 0 Å². The number of morpholine rings is 1. The van der Waals surface area contributed by atoms with Crippen LogP contribution in [0.3, 0.4) is 0 Å². The highest BCUT2D eigenvalue weighted by molar-refractivity contribution is 6.30. The first-order chi connectivity index (χ1) is 11.6. The number of rotatable bonds is 4. The van der Waals surface area contributed by atoms with Gasteiger partial charge in [-0.15, -0.1) is 0 Å². The van der Waals surface area contributed by atoms with Gasteiger partial charge in [0.25, 0.3) is 0 Å². The standard InChI is InChI=1S/C17H17ClN2O4/c18-12-5-3-11(4-6-12)15-14(17(21)22)16(19-24-15)20-7-8-23-13(9-20)10-1-2-10/h3-6,10,13H,1-2,7-9H2,(H,21,22). The number of hydrogen-bond acceptors (Lipinski definition) is 5. The Hall–Kier alpha value is -2.05. The molecule has 1 atom stereocenters. The van der Waals surface area contributed by atoms with Crippen LogP contribution in [-0.4, -0.2) is 42.0 Å². The van der Waals surface area contributed by atoms with E-state index >= 15 is 0 Å². The number of aromatic carboxylic acids is 1. The summed E-state index contributed by atoms with van der Waals surface area (Å²) >= 11 is 5.90. The van der Waals surface area contributed by atoms with E-state index in [-0.39, 0.29) is 17.4 Å². The van der Waals surface area contributed by atoms with Crippen molar-refractivity contribution in [2.24, 2.45) is 5.92 Å². The monoisotopic (exact) mass is 348 g/mol. The number of anilines is 1. The molecule has 2 fully saturated rings. The highest BCUT2D eigenvalue weighted by Crippen LogP contribution is 2.38. The number of hydrogen-bond donors (Lipinski definition) is 1. The lowest BCUT2D eigenvalue weighted by Crippen LogP contribution is -2.44. The number of aromatic nitrogens is 1. The molecule has 1 aromatic carbocycles. The average molecular weight is 349 g/mol. The van der Waals surface area contributed by atoms with Crippen molar-refractivity contribution in [1.29, 1.82) is 0 Å². The minimum atomic E-state index is -1.05. The Balaban J connectivity index is 1.68. The van der Waals surface area contributed by atoms with Crippen molar-refractivity contribution in [1.82, 2.24) is 5.16 Å². The smallest absolute Gasteiger partial charge is 0.343 e. The van der Waals surface area contributed by atoms with Crippen LogP contribution in [-0.2, 0) is 4.74 Å². The molecule has 24 heavy (non-hydrogen) atoms. The van der Waals surface area contributed by atoms with E-state index in [2.05, 4.69) is 5.16 Å². The fourth-order valence-corrected chi connectivity index (χ4v) is 3.24. The third-order valence-corrected chi connectivity index (χ3v) is 4.79. The quantitative estimate of drug-likeness (QED) is 0.913. The summed E-state index contributed by atoms with van der Waals surface area (Å²) in [7, 11) is 0. The van der Waals surface area contributed by atoms with Crippen LogP contribution in [0.25, 0.3) is 11.3 Å². The van der Waals surface area contributed by atoms with Crippen molar-refractivity contribution in [2.45, 2.75) is 18.9 Å². The Morgan fingerprint density at radius 1 is 1.29 bits per heavy atom. The first-order valence-corrected chi connectivity index (χ1v) is 8.36. The second kappa shape index (κ2) is 6.11. The van der Waals surface area contributed by atoms with Gasteiger partial charge in [0.2, 0.25) is 0 Å². The Morgan fingerprint density at radius 3 is 2.71 bits per heavy atom. The summed E-state index contributed by atoms with van der Waals surface area (Å²) in [5.41, 5.74) is 0.733. The second-order valence-corrected chi connectivity index (χ2v) is 6.65. The van der Waals surface area contributed by atoms with Crippen molar-refractivity contribution in [3.8, 4) is 11.3 Å². The van der Waals surface area contributed by atoms with E-state index in [0.29, 0.717) is 42.0 Å². The molecule has 1 unspecified atom stereocenters. The fraction of sp³-hybridized carbons (Fsp3) is 0.412. The number of carboxylic acids is 1. The molecule has 126 valence electrons. The van der Waals surface area contributed by atoms with Crippen LogP contribution in [0.2, 0.25) is 5.02 Å². The molecule has 7 heteroatoms. The molecule has 4 rings (SSSR count). The molecule has 6 nitrogen and oxygen atoms in total. The van der Waals surface area contributed by atoms with E-state index in [0.717, 1.165) is 0 Å². The molecule has 1 aliphatic carbocycles. The van der Waals surface area contributed by atoms with E-state index in [1.54, 1.807) is 24.3 Å². The summed E-state index contributed by atoms with van der Waals surface area (Å²) in [5.74, 6) is 0.166. The molecule has 2 aromatic rings. The minimum absolute atomic E-state index is 0.0915. The number of ether oxygens (including phenoxy) is 1. The second-order valence-electron chi connectivity index (χ2n) is 6.22. The molecule has 0 amide bonds. The molecule has 0 spiro atoms. The van der Waals surface area contributed by atoms with Gasteiger partial charge in [0.1, 0.15) is 0 Å². The maximum atomic E-state index is 11.8. The maximum absolute atomic E-state index is 11.8. The normalized spacial score (nSPS) is 21.0. The van der Waals surface area contributed by atoms with Gasteiger partial charge in [-0.05, 0) is 43.0 Å². The Labute approximate surface area is 143 Å². The van der Waals surface area contributed by atoms with Crippen LogP contribution < -0.4 is 4.90 Å². The molecular formula is C17H17ClN2O4. The maximum Gasteiger partial charge on any atom is 0.343 e. The molecule has 1 saturated carbocycles. The first kappa shape index (κ1) is 15.5. The van der Waals surface area contributed by atoms with E-state index < -0.39 is 5.97 Å². The van der Waals surface area contributed by atoms with E-state index in [1.165, 1.54) is 12.8 Å². The Bertz CT molecular complexity index is 754. The van der Waals surface area contributed by atoms with Crippen LogP contribution >= 0.6 is 11.6 Å². The molecule has 0 bridgehead atoms. The van der Waals surface area contributed by atoms with E-state index in [4.69, 9.17) is 20.9 Å². The Morgan fingerprint density at radius 2 is 2.04 bits per heavy atom. The number of halogens is 1. The molecule has 0 radical (unpaired) electrons. The van der Waals surface area contributed by atoms with E-state index in [9.17, 15) is 9.90 Å². The summed E-state index contributed by atoms with van der Waals surface area (Å²) in [4.78, 5) is 13.8. The van der Waals surface area contributed by atoms with Gasteiger partial charge in [-0.2, -0.15) is 0 Å². The van der Waals surface area contributed by atoms with Crippen LogP contribution in [0.15, 0.2) is 28.8 Å². The summed E-state index contributed by atoms with van der Waals surface area (Å²) in [6.07, 6.45) is 2.51. The molecule has 2 heterocycles. The van der Waals surface area contributed by atoms with Crippen LogP contribution in [0.1, 0.15) is 23.2 Å². The van der Waals surface area contributed by atoms with E-state index in [1.807, 2.05) is 4.90 Å². The summed E-state index contributed by atoms with van der Waals surface area (Å²) in [5, 5.41) is 14.3. The number of nitrogens with zero attached hydrogens (tertiary/aromatic N) is 2. The minimum Gasteiger partial charge on any atom is -0.477 e. The lowest BCUT2D eigenvalue weighted by Gasteiger charge is -2.33. The first-order valence-electron chi connectivity index (χ1n) is 7.99. The van der Waals surface area contributed by atoms with Crippen molar-refractivity contribution in [3.63, 3.8) is 0 Å². The average Bonchev–Trinajstić information content (AvgIpc) is 3.34. The highest BCUT2D eigenvalue weighted by atomic mass is 35.5. The zero-order valence-corrected chi connectivity index (χ0v) is 13.7. The Kier molecular flexibility index (Phi) is 3.94. The third kappa shape index (κ3) is 2.87. The van der Waals surface area contributed by atoms with Crippen LogP contribution in [0, 0.1) is 5.92 Å². The number of benzene rings is 1. The van der Waals surface area contributed by atoms with Crippen LogP contribution in [0.5, 0.6) is 0 Å².